The number of carbonyl (C=O) groups excluding carboxylic acids is 1. The molecule has 0 radical (unpaired) electrons. The van der Waals surface area contributed by atoms with Crippen LogP contribution in [0.25, 0.3) is 0 Å². The van der Waals surface area contributed by atoms with Gasteiger partial charge in [0.1, 0.15) is 0 Å². The number of anilines is 1. The molecule has 2 N–H and O–H groups in total. The van der Waals surface area contributed by atoms with E-state index in [1.54, 1.807) is 11.9 Å². The van der Waals surface area contributed by atoms with Gasteiger partial charge >= 0.3 is 6.03 Å². The van der Waals surface area contributed by atoms with Crippen LogP contribution in [-0.2, 0) is 5.41 Å². The molecular formula is C11H20N4O. The number of hydrogen-bond acceptors (Lipinski definition) is 2. The van der Waals surface area contributed by atoms with Crippen LogP contribution in [0, 0.1) is 0 Å². The molecule has 0 saturated carbocycles. The second-order valence-corrected chi connectivity index (χ2v) is 4.86. The first-order valence-electron chi connectivity index (χ1n) is 5.42. The van der Waals surface area contributed by atoms with Crippen molar-refractivity contribution in [2.45, 2.75) is 33.1 Å². The Balaban J connectivity index is 2.70. The summed E-state index contributed by atoms with van der Waals surface area (Å²) >= 11 is 0. The molecule has 0 aliphatic carbocycles. The SMILES string of the molecule is CCN(C)C(=O)Nc1cc(C(C)(C)C)[nH]n1. The van der Waals surface area contributed by atoms with E-state index in [2.05, 4.69) is 36.3 Å². The van der Waals surface area contributed by atoms with Crippen LogP contribution in [0.3, 0.4) is 0 Å². The van der Waals surface area contributed by atoms with Crippen molar-refractivity contribution >= 4 is 11.8 Å². The van der Waals surface area contributed by atoms with Crippen molar-refractivity contribution in [1.29, 1.82) is 0 Å². The molecule has 16 heavy (non-hydrogen) atoms. The Hall–Kier alpha value is -1.52. The lowest BCUT2D eigenvalue weighted by Crippen LogP contribution is -2.31. The van der Waals surface area contributed by atoms with E-state index in [-0.39, 0.29) is 11.4 Å². The fraction of sp³-hybridized carbons (Fsp3) is 0.636. The average Bonchev–Trinajstić information content (AvgIpc) is 2.64. The first-order valence-corrected chi connectivity index (χ1v) is 5.42. The lowest BCUT2D eigenvalue weighted by atomic mass is 9.92. The number of aromatic amines is 1. The molecule has 5 heteroatoms. The second kappa shape index (κ2) is 4.55. The summed E-state index contributed by atoms with van der Waals surface area (Å²) in [4.78, 5) is 13.2. The first-order chi connectivity index (χ1) is 7.34. The third-order valence-electron chi connectivity index (χ3n) is 2.44. The topological polar surface area (TPSA) is 61.0 Å². The van der Waals surface area contributed by atoms with Crippen molar-refractivity contribution in [3.05, 3.63) is 11.8 Å². The van der Waals surface area contributed by atoms with Crippen LogP contribution >= 0.6 is 0 Å². The normalized spacial score (nSPS) is 11.3. The minimum absolute atomic E-state index is 0.00658. The smallest absolute Gasteiger partial charge is 0.322 e. The van der Waals surface area contributed by atoms with Gasteiger partial charge in [-0.1, -0.05) is 20.8 Å². The monoisotopic (exact) mass is 224 g/mol. The largest absolute Gasteiger partial charge is 0.328 e. The van der Waals surface area contributed by atoms with Gasteiger partial charge in [-0.15, -0.1) is 0 Å². The Labute approximate surface area is 96.2 Å². The number of hydrogen-bond donors (Lipinski definition) is 2. The fourth-order valence-corrected chi connectivity index (χ4v) is 1.12. The number of H-pyrrole nitrogens is 1. The Morgan fingerprint density at radius 2 is 2.19 bits per heavy atom. The van der Waals surface area contributed by atoms with Crippen molar-refractivity contribution in [3.8, 4) is 0 Å². The van der Waals surface area contributed by atoms with Crippen molar-refractivity contribution in [1.82, 2.24) is 15.1 Å². The van der Waals surface area contributed by atoms with E-state index in [0.29, 0.717) is 12.4 Å². The number of carbonyl (C=O) groups is 1. The summed E-state index contributed by atoms with van der Waals surface area (Å²) in [5.41, 5.74) is 1.01. The van der Waals surface area contributed by atoms with E-state index in [4.69, 9.17) is 0 Å². The van der Waals surface area contributed by atoms with Gasteiger partial charge in [0.2, 0.25) is 0 Å². The zero-order chi connectivity index (χ0) is 12.3. The number of nitrogens with zero attached hydrogens (tertiary/aromatic N) is 2. The molecule has 0 aromatic carbocycles. The number of nitrogens with one attached hydrogen (secondary N) is 2. The van der Waals surface area contributed by atoms with Crippen LogP contribution in [-0.4, -0.2) is 34.7 Å². The molecule has 0 fully saturated rings. The predicted octanol–water partition coefficient (Wildman–Crippen LogP) is 2.19. The predicted molar refractivity (Wildman–Crippen MR) is 64.6 cm³/mol. The molecule has 5 nitrogen and oxygen atoms in total. The van der Waals surface area contributed by atoms with E-state index in [9.17, 15) is 4.79 Å². The van der Waals surface area contributed by atoms with Crippen LogP contribution in [0.15, 0.2) is 6.07 Å². The molecule has 0 aliphatic heterocycles. The molecule has 0 spiro atoms. The summed E-state index contributed by atoms with van der Waals surface area (Å²) in [5, 5.41) is 9.71. The number of aromatic nitrogens is 2. The van der Waals surface area contributed by atoms with Crippen LogP contribution in [0.4, 0.5) is 10.6 Å². The van der Waals surface area contributed by atoms with Crippen LogP contribution in [0.1, 0.15) is 33.4 Å². The minimum Gasteiger partial charge on any atom is -0.328 e. The summed E-state index contributed by atoms with van der Waals surface area (Å²) in [6.07, 6.45) is 0. The van der Waals surface area contributed by atoms with Gasteiger partial charge in [-0.3, -0.25) is 10.4 Å². The van der Waals surface area contributed by atoms with Gasteiger partial charge in [-0.05, 0) is 6.92 Å². The highest BCUT2D eigenvalue weighted by Gasteiger charge is 2.17. The number of rotatable bonds is 2. The summed E-state index contributed by atoms with van der Waals surface area (Å²) in [5.74, 6) is 0.565. The molecule has 0 aliphatic rings. The zero-order valence-corrected chi connectivity index (χ0v) is 10.6. The van der Waals surface area contributed by atoms with Crippen LogP contribution < -0.4 is 5.32 Å². The molecule has 0 bridgehead atoms. The van der Waals surface area contributed by atoms with Crippen LogP contribution in [0.5, 0.6) is 0 Å². The minimum atomic E-state index is -0.144. The quantitative estimate of drug-likeness (QED) is 0.809. The maximum absolute atomic E-state index is 11.6. The molecule has 0 unspecified atom stereocenters. The molecule has 1 aromatic rings. The molecule has 2 amide bonds. The highest BCUT2D eigenvalue weighted by molar-refractivity contribution is 5.88. The van der Waals surface area contributed by atoms with Crippen molar-refractivity contribution in [2.75, 3.05) is 18.9 Å². The maximum Gasteiger partial charge on any atom is 0.322 e. The molecule has 0 atom stereocenters. The van der Waals surface area contributed by atoms with Gasteiger partial charge in [0.25, 0.3) is 0 Å². The third kappa shape index (κ3) is 2.98. The first kappa shape index (κ1) is 12.5. The fourth-order valence-electron chi connectivity index (χ4n) is 1.12. The highest BCUT2D eigenvalue weighted by Crippen LogP contribution is 2.21. The maximum atomic E-state index is 11.6. The van der Waals surface area contributed by atoms with Gasteiger partial charge in [0.15, 0.2) is 5.82 Å². The lowest BCUT2D eigenvalue weighted by molar-refractivity contribution is 0.224. The van der Waals surface area contributed by atoms with Gasteiger partial charge in [-0.25, -0.2) is 4.79 Å². The highest BCUT2D eigenvalue weighted by atomic mass is 16.2. The Bertz CT molecular complexity index is 364. The summed E-state index contributed by atoms with van der Waals surface area (Å²) in [6, 6.07) is 1.72. The van der Waals surface area contributed by atoms with E-state index in [1.165, 1.54) is 0 Å². The van der Waals surface area contributed by atoms with Gasteiger partial charge in [-0.2, -0.15) is 5.10 Å². The van der Waals surface area contributed by atoms with Gasteiger partial charge in [0.05, 0.1) is 0 Å². The van der Waals surface area contributed by atoms with E-state index in [1.807, 2.05) is 13.0 Å². The Morgan fingerprint density at radius 1 is 1.56 bits per heavy atom. The molecule has 1 aromatic heterocycles. The van der Waals surface area contributed by atoms with Crippen molar-refractivity contribution < 1.29 is 4.79 Å². The number of amides is 2. The van der Waals surface area contributed by atoms with Crippen LogP contribution in [0.2, 0.25) is 0 Å². The van der Waals surface area contributed by atoms with Gasteiger partial charge in [0, 0.05) is 30.8 Å². The molecular weight excluding hydrogens is 204 g/mol. The average molecular weight is 224 g/mol. The summed E-state index contributed by atoms with van der Waals surface area (Å²) in [7, 11) is 1.74. The molecule has 90 valence electrons. The Kier molecular flexibility index (Phi) is 3.57. The number of urea groups is 1. The molecule has 1 rings (SSSR count). The second-order valence-electron chi connectivity index (χ2n) is 4.86. The summed E-state index contributed by atoms with van der Waals surface area (Å²) < 4.78 is 0. The van der Waals surface area contributed by atoms with E-state index >= 15 is 0 Å². The molecule has 1 heterocycles. The van der Waals surface area contributed by atoms with Gasteiger partial charge < -0.3 is 4.90 Å². The zero-order valence-electron chi connectivity index (χ0n) is 10.6. The van der Waals surface area contributed by atoms with E-state index < -0.39 is 0 Å². The lowest BCUT2D eigenvalue weighted by Gasteiger charge is -2.15. The van der Waals surface area contributed by atoms with Crippen molar-refractivity contribution in [3.63, 3.8) is 0 Å². The standard InChI is InChI=1S/C11H20N4O/c1-6-15(5)10(16)12-9-7-8(13-14-9)11(2,3)4/h7H,6H2,1-5H3,(H2,12,13,14,16). The third-order valence-corrected chi connectivity index (χ3v) is 2.44. The molecule has 0 saturated heterocycles. The van der Waals surface area contributed by atoms with Crippen molar-refractivity contribution in [2.24, 2.45) is 0 Å². The Morgan fingerprint density at radius 3 is 2.62 bits per heavy atom. The van der Waals surface area contributed by atoms with E-state index in [0.717, 1.165) is 5.69 Å². The summed E-state index contributed by atoms with van der Waals surface area (Å²) in [6.45, 7) is 8.85.